The van der Waals surface area contributed by atoms with Gasteiger partial charge in [0.15, 0.2) is 0 Å². The van der Waals surface area contributed by atoms with Gasteiger partial charge in [0.05, 0.1) is 10.5 Å². The quantitative estimate of drug-likeness (QED) is 0.458. The van der Waals surface area contributed by atoms with Crippen LogP contribution >= 0.6 is 0 Å². The molecule has 10 heteroatoms. The SMILES string of the molecule is CC(=O)Oc1ccccc1C(=O)Nc1ccc(S(=O)(=O)Nc2nccc(C)n2)cc1. The second-order valence-corrected chi connectivity index (χ2v) is 7.88. The molecule has 0 saturated heterocycles. The Morgan fingerprint density at radius 1 is 1.00 bits per heavy atom. The summed E-state index contributed by atoms with van der Waals surface area (Å²) in [5.74, 6) is -0.956. The van der Waals surface area contributed by atoms with Gasteiger partial charge in [-0.15, -0.1) is 0 Å². The van der Waals surface area contributed by atoms with Crippen LogP contribution in [0.4, 0.5) is 11.6 Å². The predicted octanol–water partition coefficient (Wildman–Crippen LogP) is 2.76. The van der Waals surface area contributed by atoms with E-state index in [-0.39, 0.29) is 22.2 Å². The highest BCUT2D eigenvalue weighted by Crippen LogP contribution is 2.21. The monoisotopic (exact) mass is 426 g/mol. The van der Waals surface area contributed by atoms with Gasteiger partial charge in [0.2, 0.25) is 5.95 Å². The average molecular weight is 426 g/mol. The molecule has 154 valence electrons. The van der Waals surface area contributed by atoms with Crippen molar-refractivity contribution in [2.45, 2.75) is 18.7 Å². The number of amides is 1. The summed E-state index contributed by atoms with van der Waals surface area (Å²) in [7, 11) is -3.89. The summed E-state index contributed by atoms with van der Waals surface area (Å²) >= 11 is 0. The van der Waals surface area contributed by atoms with Crippen molar-refractivity contribution in [1.82, 2.24) is 9.97 Å². The molecule has 30 heavy (non-hydrogen) atoms. The lowest BCUT2D eigenvalue weighted by atomic mass is 10.2. The number of hydrogen-bond acceptors (Lipinski definition) is 7. The fraction of sp³-hybridized carbons (Fsp3) is 0.100. The van der Waals surface area contributed by atoms with E-state index in [0.29, 0.717) is 11.4 Å². The minimum absolute atomic E-state index is 0.0223. The van der Waals surface area contributed by atoms with Crippen molar-refractivity contribution in [3.8, 4) is 5.75 Å². The van der Waals surface area contributed by atoms with E-state index < -0.39 is 21.9 Å². The lowest BCUT2D eigenvalue weighted by Gasteiger charge is -2.10. The summed E-state index contributed by atoms with van der Waals surface area (Å²) in [6, 6.07) is 13.5. The Morgan fingerprint density at radius 3 is 2.37 bits per heavy atom. The van der Waals surface area contributed by atoms with Crippen molar-refractivity contribution >= 4 is 33.5 Å². The van der Waals surface area contributed by atoms with Crippen LogP contribution in [0.1, 0.15) is 23.0 Å². The Labute approximate surface area is 173 Å². The number of anilines is 2. The van der Waals surface area contributed by atoms with Gasteiger partial charge < -0.3 is 10.1 Å². The van der Waals surface area contributed by atoms with E-state index >= 15 is 0 Å². The van der Waals surface area contributed by atoms with Gasteiger partial charge in [0, 0.05) is 24.5 Å². The number of ether oxygens (including phenoxy) is 1. The van der Waals surface area contributed by atoms with E-state index in [1.54, 1.807) is 25.1 Å². The van der Waals surface area contributed by atoms with Crippen LogP contribution in [0, 0.1) is 6.92 Å². The number of sulfonamides is 1. The van der Waals surface area contributed by atoms with Crippen LogP contribution in [-0.4, -0.2) is 30.3 Å². The second kappa shape index (κ2) is 8.70. The first-order chi connectivity index (χ1) is 14.2. The first-order valence-electron chi connectivity index (χ1n) is 8.76. The highest BCUT2D eigenvalue weighted by Gasteiger charge is 2.17. The normalized spacial score (nSPS) is 10.9. The Kier molecular flexibility index (Phi) is 6.07. The molecule has 3 aromatic rings. The molecular formula is C20H18N4O5S. The molecule has 0 radical (unpaired) electrons. The summed E-state index contributed by atoms with van der Waals surface area (Å²) in [5, 5.41) is 2.64. The van der Waals surface area contributed by atoms with Crippen LogP contribution in [0.5, 0.6) is 5.75 Å². The molecule has 0 fully saturated rings. The number of carbonyl (C=O) groups is 2. The van der Waals surface area contributed by atoms with Gasteiger partial charge in [0.25, 0.3) is 15.9 Å². The maximum absolute atomic E-state index is 12.5. The van der Waals surface area contributed by atoms with Crippen LogP contribution in [-0.2, 0) is 14.8 Å². The average Bonchev–Trinajstić information content (AvgIpc) is 2.68. The summed E-state index contributed by atoms with van der Waals surface area (Å²) in [6.07, 6.45) is 1.45. The topological polar surface area (TPSA) is 127 Å². The summed E-state index contributed by atoms with van der Waals surface area (Å²) in [4.78, 5) is 31.6. The van der Waals surface area contributed by atoms with Gasteiger partial charge in [-0.25, -0.2) is 23.1 Å². The number of nitrogens with one attached hydrogen (secondary N) is 2. The van der Waals surface area contributed by atoms with Gasteiger partial charge >= 0.3 is 5.97 Å². The van der Waals surface area contributed by atoms with Crippen molar-refractivity contribution in [2.24, 2.45) is 0 Å². The number of aromatic nitrogens is 2. The van der Waals surface area contributed by atoms with E-state index in [4.69, 9.17) is 4.74 Å². The van der Waals surface area contributed by atoms with Crippen molar-refractivity contribution in [2.75, 3.05) is 10.0 Å². The zero-order chi connectivity index (χ0) is 21.7. The third kappa shape index (κ3) is 5.17. The zero-order valence-corrected chi connectivity index (χ0v) is 16.9. The maximum Gasteiger partial charge on any atom is 0.308 e. The Balaban J connectivity index is 1.75. The van der Waals surface area contributed by atoms with Crippen molar-refractivity contribution in [3.63, 3.8) is 0 Å². The smallest absolute Gasteiger partial charge is 0.308 e. The molecule has 0 unspecified atom stereocenters. The number of rotatable bonds is 6. The van der Waals surface area contributed by atoms with Crippen LogP contribution < -0.4 is 14.8 Å². The van der Waals surface area contributed by atoms with Gasteiger partial charge in [-0.2, -0.15) is 0 Å². The Morgan fingerprint density at radius 2 is 1.70 bits per heavy atom. The first-order valence-corrected chi connectivity index (χ1v) is 10.2. The van der Waals surface area contributed by atoms with Crippen LogP contribution in [0.3, 0.4) is 0 Å². The van der Waals surface area contributed by atoms with E-state index in [0.717, 1.165) is 0 Å². The molecular weight excluding hydrogens is 408 g/mol. The summed E-state index contributed by atoms with van der Waals surface area (Å²) in [5.41, 5.74) is 1.15. The fourth-order valence-electron chi connectivity index (χ4n) is 2.49. The minimum Gasteiger partial charge on any atom is -0.426 e. The Hall–Kier alpha value is -3.79. The van der Waals surface area contributed by atoms with Gasteiger partial charge in [-0.05, 0) is 49.4 Å². The van der Waals surface area contributed by atoms with E-state index in [9.17, 15) is 18.0 Å². The Bertz CT molecular complexity index is 1190. The van der Waals surface area contributed by atoms with E-state index in [2.05, 4.69) is 20.0 Å². The van der Waals surface area contributed by atoms with Gasteiger partial charge in [0.1, 0.15) is 5.75 Å². The van der Waals surface area contributed by atoms with E-state index in [1.165, 1.54) is 49.5 Å². The molecule has 3 rings (SSSR count). The third-order valence-electron chi connectivity index (χ3n) is 3.83. The standard InChI is InChI=1S/C20H18N4O5S/c1-13-11-12-21-20(22-13)24-30(27,28)16-9-7-15(8-10-16)23-19(26)17-5-3-4-6-18(17)29-14(2)25/h3-12H,1-2H3,(H,23,26)(H,21,22,24). The number of benzene rings is 2. The maximum atomic E-state index is 12.5. The minimum atomic E-state index is -3.89. The van der Waals surface area contributed by atoms with Crippen molar-refractivity contribution in [1.29, 1.82) is 0 Å². The predicted molar refractivity (Wildman–Crippen MR) is 110 cm³/mol. The fourth-order valence-corrected chi connectivity index (χ4v) is 3.44. The van der Waals surface area contributed by atoms with Crippen LogP contribution in [0.25, 0.3) is 0 Å². The van der Waals surface area contributed by atoms with E-state index in [1.807, 2.05) is 0 Å². The number of carbonyl (C=O) groups excluding carboxylic acids is 2. The molecule has 9 nitrogen and oxygen atoms in total. The highest BCUT2D eigenvalue weighted by atomic mass is 32.2. The number of hydrogen-bond donors (Lipinski definition) is 2. The van der Waals surface area contributed by atoms with Gasteiger partial charge in [-0.3, -0.25) is 9.59 Å². The highest BCUT2D eigenvalue weighted by molar-refractivity contribution is 7.92. The lowest BCUT2D eigenvalue weighted by Crippen LogP contribution is -2.16. The number of esters is 1. The summed E-state index contributed by atoms with van der Waals surface area (Å²) < 4.78 is 32.3. The lowest BCUT2D eigenvalue weighted by molar-refractivity contribution is -0.131. The molecule has 0 aliphatic heterocycles. The zero-order valence-electron chi connectivity index (χ0n) is 16.1. The number of aryl methyl sites for hydroxylation is 1. The summed E-state index contributed by atoms with van der Waals surface area (Å²) in [6.45, 7) is 2.96. The third-order valence-corrected chi connectivity index (χ3v) is 5.17. The molecule has 2 aromatic carbocycles. The first kappa shape index (κ1) is 20.9. The number of para-hydroxylation sites is 1. The molecule has 0 atom stereocenters. The van der Waals surface area contributed by atoms with Gasteiger partial charge in [-0.1, -0.05) is 12.1 Å². The molecule has 1 aromatic heterocycles. The van der Waals surface area contributed by atoms with Crippen molar-refractivity contribution < 1.29 is 22.7 Å². The van der Waals surface area contributed by atoms with Crippen molar-refractivity contribution in [3.05, 3.63) is 72.1 Å². The molecule has 1 amide bonds. The molecule has 0 bridgehead atoms. The molecule has 0 aliphatic rings. The van der Waals surface area contributed by atoms with Crippen LogP contribution in [0.15, 0.2) is 65.7 Å². The largest absolute Gasteiger partial charge is 0.426 e. The van der Waals surface area contributed by atoms with Crippen LogP contribution in [0.2, 0.25) is 0 Å². The molecule has 0 aliphatic carbocycles. The molecule has 1 heterocycles. The second-order valence-electron chi connectivity index (χ2n) is 6.20. The number of nitrogens with zero attached hydrogens (tertiary/aromatic N) is 2. The molecule has 2 N–H and O–H groups in total. The molecule has 0 spiro atoms. The molecule has 0 saturated carbocycles.